The molecule has 3 heteroatoms. The van der Waals surface area contributed by atoms with E-state index in [0.29, 0.717) is 5.92 Å². The zero-order chi connectivity index (χ0) is 10.8. The maximum absolute atomic E-state index is 6.00. The summed E-state index contributed by atoms with van der Waals surface area (Å²) < 4.78 is 1.30. The van der Waals surface area contributed by atoms with Gasteiger partial charge in [0, 0.05) is 28.2 Å². The van der Waals surface area contributed by atoms with Crippen LogP contribution in [0.3, 0.4) is 0 Å². The molecule has 0 amide bonds. The zero-order valence-electron chi connectivity index (χ0n) is 9.10. The van der Waals surface area contributed by atoms with Gasteiger partial charge < -0.3 is 5.73 Å². The van der Waals surface area contributed by atoms with Crippen molar-refractivity contribution in [3.8, 4) is 0 Å². The molecule has 0 bridgehead atoms. The number of hydrogen-bond acceptors (Lipinski definition) is 3. The highest BCUT2D eigenvalue weighted by Gasteiger charge is 2.18. The molecule has 0 aliphatic carbocycles. The summed E-state index contributed by atoms with van der Waals surface area (Å²) in [4.78, 5) is 4.50. The molecule has 0 aliphatic heterocycles. The van der Waals surface area contributed by atoms with E-state index in [1.165, 1.54) is 10.1 Å². The lowest BCUT2D eigenvalue weighted by atomic mass is 9.93. The molecule has 0 saturated heterocycles. The number of nitrogens with zero attached hydrogens (tertiary/aromatic N) is 1. The summed E-state index contributed by atoms with van der Waals surface area (Å²) in [7, 11) is 0. The maximum atomic E-state index is 6.00. The molecule has 15 heavy (non-hydrogen) atoms. The first-order chi connectivity index (χ1) is 7.24. The minimum absolute atomic E-state index is 0.160. The molecule has 0 fully saturated rings. The predicted octanol–water partition coefficient (Wildman–Crippen LogP) is 3.14. The van der Waals surface area contributed by atoms with Crippen molar-refractivity contribution in [2.75, 3.05) is 0 Å². The third-order valence-electron chi connectivity index (χ3n) is 2.84. The largest absolute Gasteiger partial charge is 0.327 e. The molecule has 2 aromatic heterocycles. The third kappa shape index (κ3) is 1.90. The molecular weight excluding hydrogens is 204 g/mol. The highest BCUT2D eigenvalue weighted by Crippen LogP contribution is 2.30. The number of hydrogen-bond donors (Lipinski definition) is 1. The summed E-state index contributed by atoms with van der Waals surface area (Å²) in [5.41, 5.74) is 7.16. The lowest BCUT2D eigenvalue weighted by molar-refractivity contribution is 0.544. The van der Waals surface area contributed by atoms with E-state index in [2.05, 4.69) is 36.3 Å². The Hall–Kier alpha value is -0.930. The van der Waals surface area contributed by atoms with Gasteiger partial charge in [0.2, 0.25) is 0 Å². The SMILES string of the molecule is CCC(c1nccc2sccc12)C(C)N. The smallest absolute Gasteiger partial charge is 0.0536 e. The van der Waals surface area contributed by atoms with Crippen LogP contribution in [0.25, 0.3) is 10.1 Å². The summed E-state index contributed by atoms with van der Waals surface area (Å²) >= 11 is 1.76. The molecule has 2 nitrogen and oxygen atoms in total. The van der Waals surface area contributed by atoms with Crippen molar-refractivity contribution in [3.05, 3.63) is 29.4 Å². The van der Waals surface area contributed by atoms with Gasteiger partial charge in [-0.15, -0.1) is 11.3 Å². The van der Waals surface area contributed by atoms with Gasteiger partial charge in [-0.05, 0) is 30.9 Å². The number of fused-ring (bicyclic) bond motifs is 1. The molecule has 2 N–H and O–H groups in total. The van der Waals surface area contributed by atoms with E-state index < -0.39 is 0 Å². The first-order valence-electron chi connectivity index (χ1n) is 5.31. The zero-order valence-corrected chi connectivity index (χ0v) is 9.92. The molecule has 0 saturated carbocycles. The van der Waals surface area contributed by atoms with Crippen LogP contribution in [0.15, 0.2) is 23.7 Å². The number of rotatable bonds is 3. The average molecular weight is 220 g/mol. The molecule has 2 heterocycles. The van der Waals surface area contributed by atoms with Gasteiger partial charge in [-0.2, -0.15) is 0 Å². The Labute approximate surface area is 94.1 Å². The van der Waals surface area contributed by atoms with E-state index in [1.54, 1.807) is 11.3 Å². The van der Waals surface area contributed by atoms with E-state index in [-0.39, 0.29) is 6.04 Å². The van der Waals surface area contributed by atoms with Crippen molar-refractivity contribution in [2.24, 2.45) is 5.73 Å². The molecule has 2 aromatic rings. The molecule has 0 aliphatic rings. The lowest BCUT2D eigenvalue weighted by Crippen LogP contribution is -2.25. The van der Waals surface area contributed by atoms with Gasteiger partial charge in [-0.3, -0.25) is 4.98 Å². The molecule has 2 atom stereocenters. The van der Waals surface area contributed by atoms with Crippen molar-refractivity contribution < 1.29 is 0 Å². The summed E-state index contributed by atoms with van der Waals surface area (Å²) in [5.74, 6) is 0.364. The quantitative estimate of drug-likeness (QED) is 0.863. The van der Waals surface area contributed by atoms with Crippen molar-refractivity contribution in [3.63, 3.8) is 0 Å². The Morgan fingerprint density at radius 3 is 2.93 bits per heavy atom. The number of pyridine rings is 1. The topological polar surface area (TPSA) is 38.9 Å². The summed E-state index contributed by atoms with van der Waals surface area (Å²) in [6.07, 6.45) is 2.93. The second-order valence-corrected chi connectivity index (χ2v) is 4.85. The van der Waals surface area contributed by atoms with Crippen LogP contribution in [0, 0.1) is 0 Å². The molecule has 80 valence electrons. The summed E-state index contributed by atoms with van der Waals surface area (Å²) in [6, 6.07) is 4.37. The Balaban J connectivity index is 2.54. The van der Waals surface area contributed by atoms with Gasteiger partial charge in [-0.1, -0.05) is 6.92 Å². The van der Waals surface area contributed by atoms with Crippen LogP contribution in [-0.4, -0.2) is 11.0 Å². The molecule has 2 unspecified atom stereocenters. The fourth-order valence-corrected chi connectivity index (χ4v) is 2.82. The van der Waals surface area contributed by atoms with Crippen LogP contribution in [0.2, 0.25) is 0 Å². The Morgan fingerprint density at radius 1 is 1.47 bits per heavy atom. The van der Waals surface area contributed by atoms with Crippen LogP contribution in [0.4, 0.5) is 0 Å². The van der Waals surface area contributed by atoms with Crippen LogP contribution in [-0.2, 0) is 0 Å². The first kappa shape index (κ1) is 10.6. The van der Waals surface area contributed by atoms with Crippen LogP contribution < -0.4 is 5.73 Å². The summed E-state index contributed by atoms with van der Waals surface area (Å²) in [5, 5.41) is 3.38. The minimum atomic E-state index is 0.160. The molecule has 0 spiro atoms. The molecule has 0 radical (unpaired) electrons. The van der Waals surface area contributed by atoms with Gasteiger partial charge in [-0.25, -0.2) is 0 Å². The normalized spacial score (nSPS) is 15.4. The van der Waals surface area contributed by atoms with Crippen LogP contribution >= 0.6 is 11.3 Å². The van der Waals surface area contributed by atoms with Crippen molar-refractivity contribution >= 4 is 21.4 Å². The lowest BCUT2D eigenvalue weighted by Gasteiger charge is -2.19. The molecule has 2 rings (SSSR count). The van der Waals surface area contributed by atoms with Gasteiger partial charge in [0.25, 0.3) is 0 Å². The third-order valence-corrected chi connectivity index (χ3v) is 3.72. The van der Waals surface area contributed by atoms with Crippen molar-refractivity contribution in [1.82, 2.24) is 4.98 Å². The summed E-state index contributed by atoms with van der Waals surface area (Å²) in [6.45, 7) is 4.22. The highest BCUT2D eigenvalue weighted by atomic mass is 32.1. The second-order valence-electron chi connectivity index (χ2n) is 3.90. The number of aromatic nitrogens is 1. The van der Waals surface area contributed by atoms with Crippen molar-refractivity contribution in [2.45, 2.75) is 32.2 Å². The predicted molar refractivity (Wildman–Crippen MR) is 66.3 cm³/mol. The van der Waals surface area contributed by atoms with E-state index in [0.717, 1.165) is 12.1 Å². The standard InChI is InChI=1S/C12H16N2S/c1-3-9(8(2)13)12-10-5-7-15-11(10)4-6-14-12/h4-9H,3,13H2,1-2H3. The fourth-order valence-electron chi connectivity index (χ4n) is 2.03. The van der Waals surface area contributed by atoms with Gasteiger partial charge in [0.1, 0.15) is 0 Å². The van der Waals surface area contributed by atoms with Crippen LogP contribution in [0.1, 0.15) is 31.9 Å². The molecular formula is C12H16N2S. The van der Waals surface area contributed by atoms with Crippen molar-refractivity contribution in [1.29, 1.82) is 0 Å². The monoisotopic (exact) mass is 220 g/mol. The first-order valence-corrected chi connectivity index (χ1v) is 6.19. The number of nitrogens with two attached hydrogens (primary N) is 1. The van der Waals surface area contributed by atoms with E-state index in [9.17, 15) is 0 Å². The highest BCUT2D eigenvalue weighted by molar-refractivity contribution is 7.17. The van der Waals surface area contributed by atoms with E-state index >= 15 is 0 Å². The fraction of sp³-hybridized carbons (Fsp3) is 0.417. The molecule has 0 aromatic carbocycles. The Bertz CT molecular complexity index is 448. The van der Waals surface area contributed by atoms with E-state index in [4.69, 9.17) is 5.73 Å². The average Bonchev–Trinajstić information content (AvgIpc) is 2.66. The van der Waals surface area contributed by atoms with Crippen LogP contribution in [0.5, 0.6) is 0 Å². The van der Waals surface area contributed by atoms with Gasteiger partial charge >= 0.3 is 0 Å². The second kappa shape index (κ2) is 4.29. The van der Waals surface area contributed by atoms with Gasteiger partial charge in [0.15, 0.2) is 0 Å². The van der Waals surface area contributed by atoms with Gasteiger partial charge in [0.05, 0.1) is 5.69 Å². The minimum Gasteiger partial charge on any atom is -0.327 e. The van der Waals surface area contributed by atoms with E-state index in [1.807, 2.05) is 6.20 Å². The Kier molecular flexibility index (Phi) is 3.03. The Morgan fingerprint density at radius 2 is 2.27 bits per heavy atom. The maximum Gasteiger partial charge on any atom is 0.0536 e. The number of thiophene rings is 1.